The monoisotopic (exact) mass is 290 g/mol. The molecule has 6 heteroatoms. The summed E-state index contributed by atoms with van der Waals surface area (Å²) in [4.78, 5) is 3.93. The number of halogens is 1. The van der Waals surface area contributed by atoms with Crippen molar-refractivity contribution in [2.24, 2.45) is 0 Å². The van der Waals surface area contributed by atoms with Gasteiger partial charge in [0.25, 0.3) is 0 Å². The second-order valence-electron chi connectivity index (χ2n) is 4.92. The maximum absolute atomic E-state index is 12.1. The van der Waals surface area contributed by atoms with Crippen molar-refractivity contribution >= 4 is 22.6 Å². The van der Waals surface area contributed by atoms with Crippen molar-refractivity contribution in [1.82, 2.24) is 9.71 Å². The Morgan fingerprint density at radius 3 is 2.72 bits per heavy atom. The fourth-order valence-corrected chi connectivity index (χ4v) is 2.30. The van der Waals surface area contributed by atoms with E-state index in [0.717, 1.165) is 5.56 Å². The van der Waals surface area contributed by atoms with Crippen LogP contribution >= 0.6 is 11.6 Å². The highest BCUT2D eigenvalue weighted by Crippen LogP contribution is 2.19. The standard InChI is InChI=1S/C12H19ClN2O2S/c1-12(2,3)18(16)15-10(8-17-4)9-5-6-14-11(13)7-9/h5-7,10,15H,8H2,1-4H3/t10-,18?/m1/s1. The Hall–Kier alpha value is -0.490. The molecule has 1 aromatic rings. The summed E-state index contributed by atoms with van der Waals surface area (Å²) in [6, 6.07) is 3.41. The van der Waals surface area contributed by atoms with E-state index < -0.39 is 11.0 Å². The van der Waals surface area contributed by atoms with Gasteiger partial charge >= 0.3 is 0 Å². The molecule has 0 aromatic carbocycles. The van der Waals surface area contributed by atoms with Crippen LogP contribution in [0.4, 0.5) is 0 Å². The Kier molecular flexibility index (Phi) is 5.72. The largest absolute Gasteiger partial charge is 0.383 e. The zero-order valence-corrected chi connectivity index (χ0v) is 12.6. The zero-order valence-electron chi connectivity index (χ0n) is 11.1. The summed E-state index contributed by atoms with van der Waals surface area (Å²) < 4.78 is 20.0. The van der Waals surface area contributed by atoms with E-state index in [2.05, 4.69) is 9.71 Å². The molecular formula is C12H19ClN2O2S. The molecule has 0 fully saturated rings. The van der Waals surface area contributed by atoms with Crippen LogP contribution in [0.5, 0.6) is 0 Å². The van der Waals surface area contributed by atoms with Gasteiger partial charge in [0.1, 0.15) is 5.15 Å². The van der Waals surface area contributed by atoms with Crippen molar-refractivity contribution in [2.75, 3.05) is 13.7 Å². The number of pyridine rings is 1. The molecule has 1 rings (SSSR count). The summed E-state index contributed by atoms with van der Waals surface area (Å²) >= 11 is 5.86. The number of rotatable bonds is 5. The van der Waals surface area contributed by atoms with E-state index >= 15 is 0 Å². The predicted molar refractivity (Wildman–Crippen MR) is 74.9 cm³/mol. The SMILES string of the molecule is COC[C@@H](NS(=O)C(C)(C)C)c1ccnc(Cl)c1. The molecule has 0 amide bonds. The van der Waals surface area contributed by atoms with Crippen LogP contribution < -0.4 is 4.72 Å². The van der Waals surface area contributed by atoms with Crippen molar-refractivity contribution in [3.63, 3.8) is 0 Å². The van der Waals surface area contributed by atoms with Crippen LogP contribution in [0.1, 0.15) is 32.4 Å². The van der Waals surface area contributed by atoms with Crippen LogP contribution in [0, 0.1) is 0 Å². The fraction of sp³-hybridized carbons (Fsp3) is 0.583. The minimum Gasteiger partial charge on any atom is -0.383 e. The lowest BCUT2D eigenvalue weighted by Gasteiger charge is -2.24. The molecule has 102 valence electrons. The van der Waals surface area contributed by atoms with E-state index in [-0.39, 0.29) is 10.8 Å². The second kappa shape index (κ2) is 6.61. The lowest BCUT2D eigenvalue weighted by molar-refractivity contribution is 0.176. The van der Waals surface area contributed by atoms with Crippen molar-refractivity contribution < 1.29 is 8.95 Å². The van der Waals surface area contributed by atoms with E-state index in [9.17, 15) is 4.21 Å². The molecule has 1 heterocycles. The first-order chi connectivity index (χ1) is 8.34. The van der Waals surface area contributed by atoms with Gasteiger partial charge in [0.05, 0.1) is 28.4 Å². The zero-order chi connectivity index (χ0) is 13.8. The molecule has 18 heavy (non-hydrogen) atoms. The lowest BCUT2D eigenvalue weighted by atomic mass is 10.1. The van der Waals surface area contributed by atoms with Crippen molar-refractivity contribution in [3.05, 3.63) is 29.0 Å². The van der Waals surface area contributed by atoms with E-state index in [1.807, 2.05) is 26.8 Å². The first kappa shape index (κ1) is 15.6. The van der Waals surface area contributed by atoms with Crippen molar-refractivity contribution in [2.45, 2.75) is 31.6 Å². The van der Waals surface area contributed by atoms with Crippen LogP contribution in [0.15, 0.2) is 18.3 Å². The summed E-state index contributed by atoms with van der Waals surface area (Å²) in [6.45, 7) is 6.17. The smallest absolute Gasteiger partial charge is 0.129 e. The number of nitrogens with one attached hydrogen (secondary N) is 1. The van der Waals surface area contributed by atoms with E-state index in [1.165, 1.54) is 0 Å². The van der Waals surface area contributed by atoms with Gasteiger partial charge in [-0.25, -0.2) is 13.9 Å². The number of nitrogens with zero attached hydrogens (tertiary/aromatic N) is 1. The summed E-state index contributed by atoms with van der Waals surface area (Å²) in [6.07, 6.45) is 1.63. The molecule has 0 saturated heterocycles. The first-order valence-corrected chi connectivity index (χ1v) is 7.16. The van der Waals surface area contributed by atoms with E-state index in [1.54, 1.807) is 19.4 Å². The Labute approximate surface area is 116 Å². The van der Waals surface area contributed by atoms with Gasteiger partial charge in [-0.1, -0.05) is 11.6 Å². The molecule has 0 saturated carbocycles. The number of ether oxygens (including phenoxy) is 1. The summed E-state index contributed by atoms with van der Waals surface area (Å²) in [7, 11) is 0.439. The maximum Gasteiger partial charge on any atom is 0.129 e. The van der Waals surface area contributed by atoms with Crippen LogP contribution in [-0.2, 0) is 15.7 Å². The molecule has 0 aliphatic rings. The van der Waals surface area contributed by atoms with Gasteiger partial charge in [0, 0.05) is 13.3 Å². The normalized spacial score (nSPS) is 15.4. The number of hydrogen-bond donors (Lipinski definition) is 1. The average Bonchev–Trinajstić information content (AvgIpc) is 2.27. The first-order valence-electron chi connectivity index (χ1n) is 5.63. The van der Waals surface area contributed by atoms with Gasteiger partial charge in [0.2, 0.25) is 0 Å². The molecule has 0 aliphatic carbocycles. The van der Waals surface area contributed by atoms with Gasteiger partial charge < -0.3 is 4.74 Å². The van der Waals surface area contributed by atoms with Crippen molar-refractivity contribution in [3.8, 4) is 0 Å². The maximum atomic E-state index is 12.1. The van der Waals surface area contributed by atoms with E-state index in [0.29, 0.717) is 11.8 Å². The molecule has 0 bridgehead atoms. The second-order valence-corrected chi connectivity index (χ2v) is 7.30. The molecule has 1 N–H and O–H groups in total. The summed E-state index contributed by atoms with van der Waals surface area (Å²) in [5.74, 6) is 0. The van der Waals surface area contributed by atoms with Gasteiger partial charge in [-0.05, 0) is 38.5 Å². The highest BCUT2D eigenvalue weighted by molar-refractivity contribution is 7.84. The van der Waals surface area contributed by atoms with Crippen LogP contribution in [0.3, 0.4) is 0 Å². The minimum absolute atomic E-state index is 0.171. The Balaban J connectivity index is 2.87. The lowest BCUT2D eigenvalue weighted by Crippen LogP contribution is -2.37. The Morgan fingerprint density at radius 1 is 1.56 bits per heavy atom. The highest BCUT2D eigenvalue weighted by Gasteiger charge is 2.23. The minimum atomic E-state index is -1.17. The number of hydrogen-bond acceptors (Lipinski definition) is 3. The summed E-state index contributed by atoms with van der Waals surface area (Å²) in [5.41, 5.74) is 0.912. The van der Waals surface area contributed by atoms with Crippen LogP contribution in [0.2, 0.25) is 5.15 Å². The quantitative estimate of drug-likeness (QED) is 0.848. The molecular weight excluding hydrogens is 272 g/mol. The third-order valence-electron chi connectivity index (χ3n) is 2.29. The highest BCUT2D eigenvalue weighted by atomic mass is 35.5. The molecule has 1 unspecified atom stereocenters. The average molecular weight is 291 g/mol. The Morgan fingerprint density at radius 2 is 2.22 bits per heavy atom. The molecule has 1 aromatic heterocycles. The van der Waals surface area contributed by atoms with Crippen molar-refractivity contribution in [1.29, 1.82) is 0 Å². The molecule has 0 radical (unpaired) electrons. The van der Waals surface area contributed by atoms with Crippen LogP contribution in [-0.4, -0.2) is 27.7 Å². The van der Waals surface area contributed by atoms with Gasteiger partial charge in [-0.15, -0.1) is 0 Å². The molecule has 4 nitrogen and oxygen atoms in total. The molecule has 0 aliphatic heterocycles. The molecule has 0 spiro atoms. The van der Waals surface area contributed by atoms with Gasteiger partial charge in [0.15, 0.2) is 0 Å². The predicted octanol–water partition coefficient (Wildman–Crippen LogP) is 2.47. The van der Waals surface area contributed by atoms with Gasteiger partial charge in [-0.2, -0.15) is 0 Å². The Bertz CT molecular complexity index is 421. The van der Waals surface area contributed by atoms with E-state index in [4.69, 9.17) is 16.3 Å². The summed E-state index contributed by atoms with van der Waals surface area (Å²) in [5, 5.41) is 0.414. The van der Waals surface area contributed by atoms with Gasteiger partial charge in [-0.3, -0.25) is 0 Å². The van der Waals surface area contributed by atoms with Crippen LogP contribution in [0.25, 0.3) is 0 Å². The fourth-order valence-electron chi connectivity index (χ4n) is 1.31. The number of aromatic nitrogens is 1. The number of methoxy groups -OCH3 is 1. The topological polar surface area (TPSA) is 51.2 Å². The third-order valence-corrected chi connectivity index (χ3v) is 4.11. The molecule has 2 atom stereocenters. The third kappa shape index (κ3) is 4.65.